The van der Waals surface area contributed by atoms with Crippen LogP contribution in [0.15, 0.2) is 43.0 Å². The number of benzene rings is 1. The Morgan fingerprint density at radius 3 is 2.85 bits per heavy atom. The van der Waals surface area contributed by atoms with Crippen molar-refractivity contribution in [3.8, 4) is 17.0 Å². The highest BCUT2D eigenvalue weighted by molar-refractivity contribution is 5.91. The minimum atomic E-state index is 0.412. The number of rotatable bonds is 4. The van der Waals surface area contributed by atoms with Crippen LogP contribution < -0.4 is 10.1 Å². The van der Waals surface area contributed by atoms with Crippen molar-refractivity contribution in [2.75, 3.05) is 32.6 Å². The fourth-order valence-electron chi connectivity index (χ4n) is 3.55. The summed E-state index contributed by atoms with van der Waals surface area (Å²) in [5, 5.41) is 8.84. The first-order chi connectivity index (χ1) is 13.2. The third kappa shape index (κ3) is 2.74. The summed E-state index contributed by atoms with van der Waals surface area (Å²) in [4.78, 5) is 15.2. The van der Waals surface area contributed by atoms with Crippen LogP contribution in [0, 0.1) is 0 Å². The minimum Gasteiger partial charge on any atom is -0.480 e. The van der Waals surface area contributed by atoms with E-state index in [1.165, 1.54) is 6.33 Å². The van der Waals surface area contributed by atoms with E-state index >= 15 is 0 Å². The molecule has 136 valence electrons. The van der Waals surface area contributed by atoms with Gasteiger partial charge < -0.3 is 15.0 Å². The maximum absolute atomic E-state index is 5.37. The number of hydrogen-bond donors (Lipinski definition) is 1. The van der Waals surface area contributed by atoms with Gasteiger partial charge in [0.1, 0.15) is 6.33 Å². The summed E-state index contributed by atoms with van der Waals surface area (Å²) in [6.45, 7) is 2.03. The van der Waals surface area contributed by atoms with Gasteiger partial charge in [-0.15, -0.1) is 5.10 Å². The Bertz CT molecular complexity index is 1130. The fourth-order valence-corrected chi connectivity index (χ4v) is 3.55. The molecule has 1 saturated heterocycles. The number of likely N-dealkylation sites (tertiary alicyclic amines) is 1. The normalized spacial score (nSPS) is 15.2. The molecule has 0 unspecified atom stereocenters. The Hall–Kier alpha value is -3.26. The molecule has 0 spiro atoms. The second-order valence-corrected chi connectivity index (χ2v) is 6.82. The van der Waals surface area contributed by atoms with E-state index in [1.807, 2.05) is 41.2 Å². The molecule has 0 aliphatic carbocycles. The predicted molar refractivity (Wildman–Crippen MR) is 103 cm³/mol. The maximum atomic E-state index is 5.37. The topological polar surface area (TPSA) is 80.5 Å². The summed E-state index contributed by atoms with van der Waals surface area (Å²) in [6.07, 6.45) is 5.32. The van der Waals surface area contributed by atoms with Crippen molar-refractivity contribution in [2.24, 2.45) is 0 Å². The van der Waals surface area contributed by atoms with Crippen LogP contribution in [-0.2, 0) is 0 Å². The molecule has 4 aromatic rings. The van der Waals surface area contributed by atoms with Gasteiger partial charge in [-0.3, -0.25) is 0 Å². The molecule has 8 heteroatoms. The molecule has 4 heterocycles. The van der Waals surface area contributed by atoms with Crippen molar-refractivity contribution in [1.29, 1.82) is 0 Å². The molecule has 5 rings (SSSR count). The summed E-state index contributed by atoms with van der Waals surface area (Å²) >= 11 is 0. The third-order valence-corrected chi connectivity index (χ3v) is 4.92. The molecule has 8 nitrogen and oxygen atoms in total. The van der Waals surface area contributed by atoms with E-state index in [2.05, 4.69) is 37.3 Å². The molecule has 1 aliphatic heterocycles. The fraction of sp³-hybridized carbons (Fsp3) is 0.263. The van der Waals surface area contributed by atoms with Gasteiger partial charge in [-0.25, -0.2) is 19.5 Å². The van der Waals surface area contributed by atoms with Gasteiger partial charge >= 0.3 is 0 Å². The highest BCUT2D eigenvalue weighted by Gasteiger charge is 2.23. The van der Waals surface area contributed by atoms with Gasteiger partial charge in [0.25, 0.3) is 0 Å². The summed E-state index contributed by atoms with van der Waals surface area (Å²) in [5.74, 6) is 1.22. The molecule has 0 saturated carbocycles. The van der Waals surface area contributed by atoms with E-state index in [1.54, 1.807) is 7.11 Å². The van der Waals surface area contributed by atoms with Gasteiger partial charge in [0.15, 0.2) is 0 Å². The quantitative estimate of drug-likeness (QED) is 0.596. The number of hydrogen-bond acceptors (Lipinski definition) is 7. The van der Waals surface area contributed by atoms with E-state index in [-0.39, 0.29) is 0 Å². The van der Waals surface area contributed by atoms with Crippen LogP contribution >= 0.6 is 0 Å². The van der Waals surface area contributed by atoms with Gasteiger partial charge in [-0.05, 0) is 30.8 Å². The van der Waals surface area contributed by atoms with Crippen LogP contribution in [0.3, 0.4) is 0 Å². The Kier molecular flexibility index (Phi) is 3.64. The van der Waals surface area contributed by atoms with Crippen LogP contribution in [0.4, 0.5) is 5.95 Å². The van der Waals surface area contributed by atoms with Crippen LogP contribution in [0.25, 0.3) is 27.5 Å². The molecule has 0 bridgehead atoms. The number of methoxy groups -OCH3 is 1. The largest absolute Gasteiger partial charge is 0.480 e. The first-order valence-electron chi connectivity index (χ1n) is 8.80. The lowest BCUT2D eigenvalue weighted by Crippen LogP contribution is -2.52. The zero-order chi connectivity index (χ0) is 18.4. The monoisotopic (exact) mass is 361 g/mol. The Morgan fingerprint density at radius 1 is 1.15 bits per heavy atom. The van der Waals surface area contributed by atoms with E-state index in [0.717, 1.165) is 40.6 Å². The number of ether oxygens (including phenoxy) is 1. The van der Waals surface area contributed by atoms with Crippen LogP contribution in [0.2, 0.25) is 0 Å². The van der Waals surface area contributed by atoms with Crippen molar-refractivity contribution >= 4 is 22.4 Å². The standard InChI is InChI=1S/C19H19N7O/c1-25-9-13(10-25)23-19-20-8-17-14(5-6-26(17)24-19)12-3-4-16-15(7-12)18(27-2)22-11-21-16/h3-8,11,13H,9-10H2,1-2H3,(H,23,24). The summed E-state index contributed by atoms with van der Waals surface area (Å²) in [7, 11) is 3.72. The lowest BCUT2D eigenvalue weighted by atomic mass is 10.1. The van der Waals surface area contributed by atoms with Gasteiger partial charge in [-0.2, -0.15) is 0 Å². The second-order valence-electron chi connectivity index (χ2n) is 6.82. The molecule has 1 aliphatic rings. The van der Waals surface area contributed by atoms with Gasteiger partial charge in [0.2, 0.25) is 11.8 Å². The van der Waals surface area contributed by atoms with E-state index in [0.29, 0.717) is 17.9 Å². The maximum Gasteiger partial charge on any atom is 0.241 e. The first-order valence-corrected chi connectivity index (χ1v) is 8.80. The molecule has 0 atom stereocenters. The SMILES string of the molecule is COc1ncnc2ccc(-c3ccn4nc(NC5CN(C)C5)ncc34)cc12. The molecule has 0 radical (unpaired) electrons. The number of nitrogens with one attached hydrogen (secondary N) is 1. The molecule has 1 N–H and O–H groups in total. The first kappa shape index (κ1) is 16.0. The van der Waals surface area contributed by atoms with Crippen molar-refractivity contribution < 1.29 is 4.74 Å². The molecule has 1 fully saturated rings. The Balaban J connectivity index is 1.52. The van der Waals surface area contributed by atoms with Crippen molar-refractivity contribution in [3.63, 3.8) is 0 Å². The van der Waals surface area contributed by atoms with E-state index in [9.17, 15) is 0 Å². The average molecular weight is 361 g/mol. The molecular formula is C19H19N7O. The zero-order valence-electron chi connectivity index (χ0n) is 15.1. The number of nitrogens with zero attached hydrogens (tertiary/aromatic N) is 6. The molecule has 0 amide bonds. The molecular weight excluding hydrogens is 342 g/mol. The van der Waals surface area contributed by atoms with Crippen molar-refractivity contribution in [2.45, 2.75) is 6.04 Å². The third-order valence-electron chi connectivity index (χ3n) is 4.92. The molecule has 27 heavy (non-hydrogen) atoms. The van der Waals surface area contributed by atoms with E-state index < -0.39 is 0 Å². The Morgan fingerprint density at radius 2 is 2.04 bits per heavy atom. The number of fused-ring (bicyclic) bond motifs is 2. The lowest BCUT2D eigenvalue weighted by molar-refractivity contribution is 0.204. The molecule has 3 aromatic heterocycles. The number of likely N-dealkylation sites (N-methyl/N-ethyl adjacent to an activating group) is 1. The van der Waals surface area contributed by atoms with Gasteiger partial charge in [0.05, 0.1) is 35.8 Å². The van der Waals surface area contributed by atoms with Gasteiger partial charge in [-0.1, -0.05) is 6.07 Å². The summed E-state index contributed by atoms with van der Waals surface area (Å²) in [6, 6.07) is 8.51. The second kappa shape index (κ2) is 6.17. The minimum absolute atomic E-state index is 0.412. The van der Waals surface area contributed by atoms with Crippen LogP contribution in [-0.4, -0.2) is 62.8 Å². The van der Waals surface area contributed by atoms with Crippen LogP contribution in [0.5, 0.6) is 5.88 Å². The Labute approximate surface area is 155 Å². The van der Waals surface area contributed by atoms with E-state index in [4.69, 9.17) is 4.74 Å². The number of anilines is 1. The van der Waals surface area contributed by atoms with Crippen LogP contribution in [0.1, 0.15) is 0 Å². The summed E-state index contributed by atoms with van der Waals surface area (Å²) in [5.41, 5.74) is 3.89. The van der Waals surface area contributed by atoms with Crippen molar-refractivity contribution in [1.82, 2.24) is 29.5 Å². The zero-order valence-corrected chi connectivity index (χ0v) is 15.1. The number of aromatic nitrogens is 5. The highest BCUT2D eigenvalue weighted by Crippen LogP contribution is 2.30. The average Bonchev–Trinajstić information content (AvgIpc) is 3.09. The predicted octanol–water partition coefficient (Wildman–Crippen LogP) is 2.07. The smallest absolute Gasteiger partial charge is 0.241 e. The molecule has 1 aromatic carbocycles. The lowest BCUT2D eigenvalue weighted by Gasteiger charge is -2.36. The highest BCUT2D eigenvalue weighted by atomic mass is 16.5. The van der Waals surface area contributed by atoms with Crippen molar-refractivity contribution in [3.05, 3.63) is 43.0 Å². The van der Waals surface area contributed by atoms with Gasteiger partial charge in [0, 0.05) is 24.8 Å². The summed E-state index contributed by atoms with van der Waals surface area (Å²) < 4.78 is 7.23.